The molecule has 0 saturated carbocycles. The third-order valence-electron chi connectivity index (χ3n) is 2.66. The van der Waals surface area contributed by atoms with E-state index in [0.29, 0.717) is 6.07 Å². The summed E-state index contributed by atoms with van der Waals surface area (Å²) in [7, 11) is 0. The van der Waals surface area contributed by atoms with E-state index in [2.05, 4.69) is 0 Å². The molecule has 0 aliphatic rings. The second-order valence-corrected chi connectivity index (χ2v) is 4.48. The Balaban J connectivity index is 3.48. The molecule has 108 valence electrons. The summed E-state index contributed by atoms with van der Waals surface area (Å²) in [5, 5.41) is 9.21. The molecule has 0 atom stereocenters. The number of phenolic OH excluding ortho intramolecular Hbond substituents is 1. The van der Waals surface area contributed by atoms with E-state index in [1.54, 1.807) is 0 Å². The monoisotopic (exact) mass is 286 g/mol. The van der Waals surface area contributed by atoms with Gasteiger partial charge in [0, 0.05) is 0 Å². The molecular weight excluding hydrogens is 274 g/mol. The van der Waals surface area contributed by atoms with Crippen LogP contribution in [0.5, 0.6) is 5.75 Å². The fraction of sp³-hybridized carbons (Fsp3) is 0.500. The van der Waals surface area contributed by atoms with Gasteiger partial charge in [0.2, 0.25) is 0 Å². The highest BCUT2D eigenvalue weighted by molar-refractivity contribution is 5.40. The number of alkyl halides is 6. The Morgan fingerprint density at radius 2 is 1.37 bits per heavy atom. The molecule has 0 heterocycles. The van der Waals surface area contributed by atoms with Crippen molar-refractivity contribution in [1.29, 1.82) is 0 Å². The van der Waals surface area contributed by atoms with Gasteiger partial charge in [0.1, 0.15) is 5.75 Å². The van der Waals surface area contributed by atoms with Crippen LogP contribution in [-0.2, 0) is 0 Å². The van der Waals surface area contributed by atoms with Gasteiger partial charge in [-0.15, -0.1) is 0 Å². The van der Waals surface area contributed by atoms with Gasteiger partial charge in [0.05, 0.1) is 0 Å². The maximum Gasteiger partial charge on any atom is 0.404 e. The quantitative estimate of drug-likeness (QED) is 0.780. The molecule has 0 radical (unpaired) electrons. The summed E-state index contributed by atoms with van der Waals surface area (Å²) in [5.41, 5.74) is -1.03. The van der Waals surface area contributed by atoms with Crippen LogP contribution in [-0.4, -0.2) is 17.5 Å². The number of halogens is 6. The number of hydrogen-bond acceptors (Lipinski definition) is 1. The third kappa shape index (κ3) is 3.54. The van der Waals surface area contributed by atoms with E-state index in [0.717, 1.165) is 12.1 Å². The fourth-order valence-corrected chi connectivity index (χ4v) is 1.86. The first-order valence-corrected chi connectivity index (χ1v) is 5.40. The van der Waals surface area contributed by atoms with Crippen molar-refractivity contribution >= 4 is 0 Å². The minimum atomic E-state index is -5.43. The molecular formula is C12H12F6O. The molecule has 0 aliphatic carbocycles. The fourth-order valence-electron chi connectivity index (χ4n) is 1.86. The minimum absolute atomic E-state index is 0.167. The van der Waals surface area contributed by atoms with Gasteiger partial charge in [-0.25, -0.2) is 0 Å². The molecule has 0 aliphatic heterocycles. The Bertz CT molecular complexity index is 433. The summed E-state index contributed by atoms with van der Waals surface area (Å²) in [6.45, 7) is 2.92. The highest BCUT2D eigenvalue weighted by Gasteiger charge is 2.58. The Morgan fingerprint density at radius 3 is 1.74 bits per heavy atom. The molecule has 0 fully saturated rings. The van der Waals surface area contributed by atoms with Crippen molar-refractivity contribution < 1.29 is 31.4 Å². The predicted molar refractivity (Wildman–Crippen MR) is 57.0 cm³/mol. The summed E-state index contributed by atoms with van der Waals surface area (Å²) in [5.74, 6) is -4.48. The lowest BCUT2D eigenvalue weighted by Gasteiger charge is -2.26. The van der Waals surface area contributed by atoms with Crippen molar-refractivity contribution in [2.24, 2.45) is 0 Å². The van der Waals surface area contributed by atoms with E-state index < -0.39 is 29.8 Å². The second-order valence-electron chi connectivity index (χ2n) is 4.48. The van der Waals surface area contributed by atoms with E-state index >= 15 is 0 Å². The van der Waals surface area contributed by atoms with Crippen molar-refractivity contribution in [2.45, 2.75) is 38.0 Å². The number of aromatic hydroxyl groups is 1. The molecule has 0 spiro atoms. The highest BCUT2D eigenvalue weighted by atomic mass is 19.4. The van der Waals surface area contributed by atoms with Crippen LogP contribution in [0.25, 0.3) is 0 Å². The Morgan fingerprint density at radius 1 is 0.895 bits per heavy atom. The van der Waals surface area contributed by atoms with Crippen LogP contribution >= 0.6 is 0 Å². The predicted octanol–water partition coefficient (Wildman–Crippen LogP) is 4.72. The standard InChI is InChI=1S/C12H12F6O/c1-6(2)9-5-7(19)3-4-8(9)10(11(13,14)15)12(16,17)18/h3-6,10,19H,1-2H3. The van der Waals surface area contributed by atoms with Crippen LogP contribution in [0.1, 0.15) is 36.8 Å². The van der Waals surface area contributed by atoms with E-state index in [1.807, 2.05) is 0 Å². The normalized spacial score (nSPS) is 13.4. The molecule has 0 unspecified atom stereocenters. The van der Waals surface area contributed by atoms with Crippen LogP contribution in [0.4, 0.5) is 26.3 Å². The maximum atomic E-state index is 12.7. The van der Waals surface area contributed by atoms with Crippen LogP contribution in [0.3, 0.4) is 0 Å². The van der Waals surface area contributed by atoms with Gasteiger partial charge < -0.3 is 5.11 Å². The molecule has 1 rings (SSSR count). The Labute approximate surface area is 105 Å². The summed E-state index contributed by atoms with van der Waals surface area (Å²) in [6.07, 6.45) is -10.9. The Kier molecular flexibility index (Phi) is 4.07. The first-order chi connectivity index (χ1) is 8.44. The van der Waals surface area contributed by atoms with Gasteiger partial charge in [0.25, 0.3) is 0 Å². The first-order valence-electron chi connectivity index (χ1n) is 5.40. The molecule has 0 bridgehead atoms. The lowest BCUT2D eigenvalue weighted by Crippen LogP contribution is -2.34. The maximum absolute atomic E-state index is 12.7. The van der Waals surface area contributed by atoms with Gasteiger partial charge in [-0.05, 0) is 29.2 Å². The zero-order valence-corrected chi connectivity index (χ0v) is 10.1. The summed E-state index contributed by atoms with van der Waals surface area (Å²) >= 11 is 0. The largest absolute Gasteiger partial charge is 0.508 e. The van der Waals surface area contributed by atoms with Crippen LogP contribution in [0.2, 0.25) is 0 Å². The molecule has 1 aromatic carbocycles. The zero-order chi connectivity index (χ0) is 15.0. The number of benzene rings is 1. The van der Waals surface area contributed by atoms with Gasteiger partial charge in [-0.2, -0.15) is 26.3 Å². The third-order valence-corrected chi connectivity index (χ3v) is 2.66. The van der Waals surface area contributed by atoms with Gasteiger partial charge >= 0.3 is 12.4 Å². The number of rotatable bonds is 2. The van der Waals surface area contributed by atoms with E-state index in [4.69, 9.17) is 0 Å². The lowest BCUT2D eigenvalue weighted by atomic mass is 9.88. The molecule has 0 saturated heterocycles. The van der Waals surface area contributed by atoms with Crippen LogP contribution in [0.15, 0.2) is 18.2 Å². The molecule has 19 heavy (non-hydrogen) atoms. The molecule has 1 N–H and O–H groups in total. The van der Waals surface area contributed by atoms with Crippen molar-refractivity contribution in [3.8, 4) is 5.75 Å². The van der Waals surface area contributed by atoms with Crippen LogP contribution in [0, 0.1) is 0 Å². The van der Waals surface area contributed by atoms with Crippen molar-refractivity contribution in [3.05, 3.63) is 29.3 Å². The Hall–Kier alpha value is -1.40. The summed E-state index contributed by atoms with van der Waals surface area (Å²) < 4.78 is 76.0. The van der Waals surface area contributed by atoms with E-state index in [9.17, 15) is 31.4 Å². The molecule has 0 aromatic heterocycles. The van der Waals surface area contributed by atoms with Crippen molar-refractivity contribution in [1.82, 2.24) is 0 Å². The van der Waals surface area contributed by atoms with E-state index in [-0.39, 0.29) is 11.3 Å². The topological polar surface area (TPSA) is 20.2 Å². The zero-order valence-electron chi connectivity index (χ0n) is 10.1. The average Bonchev–Trinajstić information content (AvgIpc) is 2.16. The SMILES string of the molecule is CC(C)c1cc(O)ccc1C(C(F)(F)F)C(F)(F)F. The summed E-state index contributed by atoms with van der Waals surface area (Å²) in [6, 6.07) is 2.44. The van der Waals surface area contributed by atoms with Crippen LogP contribution < -0.4 is 0 Å². The molecule has 7 heteroatoms. The number of phenols is 1. The second kappa shape index (κ2) is 4.94. The molecule has 1 aromatic rings. The van der Waals surface area contributed by atoms with Gasteiger partial charge in [-0.3, -0.25) is 0 Å². The molecule has 1 nitrogen and oxygen atoms in total. The van der Waals surface area contributed by atoms with E-state index in [1.165, 1.54) is 13.8 Å². The summed E-state index contributed by atoms with van der Waals surface area (Å²) in [4.78, 5) is 0. The average molecular weight is 286 g/mol. The van der Waals surface area contributed by atoms with Gasteiger partial charge in [-0.1, -0.05) is 19.9 Å². The lowest BCUT2D eigenvalue weighted by molar-refractivity contribution is -0.253. The van der Waals surface area contributed by atoms with Crippen molar-refractivity contribution in [3.63, 3.8) is 0 Å². The smallest absolute Gasteiger partial charge is 0.404 e. The number of hydrogen-bond donors (Lipinski definition) is 1. The minimum Gasteiger partial charge on any atom is -0.508 e. The molecule has 0 amide bonds. The highest BCUT2D eigenvalue weighted by Crippen LogP contribution is 2.48. The first kappa shape index (κ1) is 15.7. The van der Waals surface area contributed by atoms with Gasteiger partial charge in [0.15, 0.2) is 5.92 Å². The van der Waals surface area contributed by atoms with Crippen molar-refractivity contribution in [2.75, 3.05) is 0 Å².